The fraction of sp³-hybridized carbons (Fsp3) is 0. The minimum atomic E-state index is -2.51. The molecule has 0 spiro atoms. The van der Waals surface area contributed by atoms with E-state index in [0.717, 1.165) is 0 Å². The molecule has 0 aliphatic heterocycles. The van der Waals surface area contributed by atoms with Crippen LogP contribution in [-0.4, -0.2) is 18.5 Å². The SMILES string of the molecule is O=C([O-])[O-].O=C([O-])[O-].O=C([O-])[O-].[K+].[K+].[K+].[K+].[O]=[U+2]=[O]. The first-order valence-corrected chi connectivity index (χ1v) is 5.65. The number of hydrogen-bond acceptors (Lipinski definition) is 11. The monoisotopic (exact) mass is 606 g/mol. The van der Waals surface area contributed by atoms with Crippen LogP contribution < -0.4 is 236 Å². The van der Waals surface area contributed by atoms with Gasteiger partial charge in [-0.3, -0.25) is 0 Å². The van der Waals surface area contributed by atoms with Gasteiger partial charge in [0.15, 0.2) is 0 Å². The summed E-state index contributed by atoms with van der Waals surface area (Å²) in [5.74, 6) is 0. The molecule has 86 valence electrons. The molecule has 0 atom stereocenters. The standard InChI is InChI=1S/3CH2O3.4K.2O.U/c3*2-1(3)4;;;;;;;/h3*(H2,2,3,4);;;;;;;/q;;;4*+1;;;+2/p-6. The van der Waals surface area contributed by atoms with E-state index in [1.165, 1.54) is 0 Å². The third-order valence-electron chi connectivity index (χ3n) is 0. The number of hydrogen-bond donors (Lipinski definition) is 0. The third kappa shape index (κ3) is 405. The molecule has 19 heavy (non-hydrogen) atoms. The van der Waals surface area contributed by atoms with Crippen molar-refractivity contribution >= 4 is 18.5 Å². The van der Waals surface area contributed by atoms with Crippen LogP contribution in [0.4, 0.5) is 14.4 Å². The summed E-state index contributed by atoms with van der Waals surface area (Å²) in [4.78, 5) is 25.0. The molecule has 0 aromatic rings. The molecule has 0 aliphatic rings. The summed E-state index contributed by atoms with van der Waals surface area (Å²) in [6.07, 6.45) is -7.00. The molecular formula is C3K4O11U. The van der Waals surface area contributed by atoms with Gasteiger partial charge in [0.25, 0.3) is 0 Å². The van der Waals surface area contributed by atoms with Crippen LogP contribution in [0.5, 0.6) is 0 Å². The van der Waals surface area contributed by atoms with Crippen molar-refractivity contribution in [1.82, 2.24) is 0 Å². The molecule has 0 amide bonds. The maximum atomic E-state index is 8.58. The Kier molecular flexibility index (Phi) is 129. The van der Waals surface area contributed by atoms with Gasteiger partial charge in [-0.25, -0.2) is 0 Å². The fourth-order valence-electron chi connectivity index (χ4n) is 0. The van der Waals surface area contributed by atoms with E-state index in [9.17, 15) is 0 Å². The Bertz CT molecular complexity index is 187. The molecule has 0 aliphatic carbocycles. The third-order valence-corrected chi connectivity index (χ3v) is 0. The van der Waals surface area contributed by atoms with Crippen molar-refractivity contribution in [3.05, 3.63) is 0 Å². The van der Waals surface area contributed by atoms with E-state index in [4.69, 9.17) is 49.5 Å². The predicted octanol–water partition coefficient (Wildman–Crippen LogP) is -19.6. The van der Waals surface area contributed by atoms with E-state index in [-0.39, 0.29) is 206 Å². The van der Waals surface area contributed by atoms with Gasteiger partial charge in [0.2, 0.25) is 0 Å². The average molecular weight is 606 g/mol. The molecule has 11 nitrogen and oxygen atoms in total. The molecule has 0 bridgehead atoms. The Hall–Kier alpha value is 5.01. The Morgan fingerprint density at radius 3 is 0.526 bits per heavy atom. The van der Waals surface area contributed by atoms with E-state index < -0.39 is 46.3 Å². The van der Waals surface area contributed by atoms with Crippen LogP contribution in [-0.2, 0) is 4.47 Å². The molecule has 16 heteroatoms. The van der Waals surface area contributed by atoms with E-state index in [1.54, 1.807) is 0 Å². The van der Waals surface area contributed by atoms with Crippen LogP contribution in [0.3, 0.4) is 0 Å². The van der Waals surface area contributed by atoms with E-state index in [2.05, 4.69) is 0 Å². The summed E-state index contributed by atoms with van der Waals surface area (Å²) in [6, 6.07) is 0. The van der Waals surface area contributed by atoms with E-state index in [0.29, 0.717) is 0 Å². The molecule has 0 N–H and O–H groups in total. The van der Waals surface area contributed by atoms with Gasteiger partial charge in [-0.1, -0.05) is 0 Å². The molecule has 0 rings (SSSR count). The maximum absolute atomic E-state index is 8.58. The topological polar surface area (TPSA) is 224 Å². The van der Waals surface area contributed by atoms with Crippen LogP contribution in [0.2, 0.25) is 0 Å². The Balaban J connectivity index is -0.0000000133. The second-order valence-electron chi connectivity index (χ2n) is 0.833. The van der Waals surface area contributed by atoms with Crippen molar-refractivity contribution in [2.75, 3.05) is 0 Å². The number of carboxylic acid groups (broad SMARTS) is 6. The van der Waals surface area contributed by atoms with Gasteiger partial charge in [-0.15, -0.1) is 0 Å². The first kappa shape index (κ1) is 49.6. The van der Waals surface area contributed by atoms with Crippen molar-refractivity contribution in [3.63, 3.8) is 0 Å². The summed E-state index contributed by atoms with van der Waals surface area (Å²) in [6.45, 7) is 0. The zero-order chi connectivity index (χ0) is 13.4. The summed E-state index contributed by atoms with van der Waals surface area (Å²) >= 11 is -2.51. The Labute approximate surface area is 291 Å². The summed E-state index contributed by atoms with van der Waals surface area (Å²) in [5.41, 5.74) is 0. The van der Waals surface area contributed by atoms with Gasteiger partial charge in [0.1, 0.15) is 0 Å². The average Bonchev–Trinajstić information content (AvgIpc) is 1.81. The minimum absolute atomic E-state index is 0. The fourth-order valence-corrected chi connectivity index (χ4v) is 0. The molecule has 0 radical (unpaired) electrons. The van der Waals surface area contributed by atoms with Gasteiger partial charge in [0.05, 0.1) is 0 Å². The van der Waals surface area contributed by atoms with Gasteiger partial charge in [0, 0.05) is 0 Å². The second-order valence-corrected chi connectivity index (χ2v) is 1.53. The second kappa shape index (κ2) is 49.5. The first-order valence-electron chi connectivity index (χ1n) is 2.25. The van der Waals surface area contributed by atoms with E-state index in [1.807, 2.05) is 0 Å². The predicted molar refractivity (Wildman–Crippen MR) is 17.6 cm³/mol. The molecule has 0 saturated carbocycles. The van der Waals surface area contributed by atoms with Gasteiger partial charge >= 0.3 is 238 Å². The Morgan fingerprint density at radius 2 is 0.526 bits per heavy atom. The van der Waals surface area contributed by atoms with Crippen LogP contribution in [0.1, 0.15) is 0 Å². The normalized spacial score (nSPS) is 4.21. The van der Waals surface area contributed by atoms with Crippen molar-refractivity contribution < 1.29 is 283 Å². The molecular weight excluding hydrogens is 606 g/mol. The van der Waals surface area contributed by atoms with Gasteiger partial charge in [-0.2, -0.15) is 0 Å². The molecule has 0 saturated heterocycles. The molecule has 0 aromatic carbocycles. The van der Waals surface area contributed by atoms with Crippen molar-refractivity contribution in [2.45, 2.75) is 0 Å². The summed E-state index contributed by atoms with van der Waals surface area (Å²) < 4.78 is 17.2. The molecule has 0 aromatic heterocycles. The Morgan fingerprint density at radius 1 is 0.526 bits per heavy atom. The van der Waals surface area contributed by atoms with Crippen LogP contribution in [0, 0.1) is 27.8 Å². The molecule has 0 heterocycles. The molecule has 0 fully saturated rings. The van der Waals surface area contributed by atoms with Crippen LogP contribution >= 0.6 is 0 Å². The molecule has 0 unspecified atom stereocenters. The first-order chi connectivity index (χ1) is 6.61. The number of carbonyl (C=O) groups is 3. The zero-order valence-electron chi connectivity index (χ0n) is 10.5. The quantitative estimate of drug-likeness (QED) is 0.235. The van der Waals surface area contributed by atoms with Crippen molar-refractivity contribution in [2.24, 2.45) is 0 Å². The number of rotatable bonds is 0. The van der Waals surface area contributed by atoms with E-state index >= 15 is 0 Å². The summed E-state index contributed by atoms with van der Waals surface area (Å²) in [7, 11) is 0. The summed E-state index contributed by atoms with van der Waals surface area (Å²) in [5, 5.41) is 50.0. The van der Waals surface area contributed by atoms with Crippen molar-refractivity contribution in [1.29, 1.82) is 0 Å². The van der Waals surface area contributed by atoms with Crippen LogP contribution in [0.25, 0.3) is 0 Å². The van der Waals surface area contributed by atoms with Gasteiger partial charge < -0.3 is 45.0 Å². The number of carbonyl (C=O) groups excluding carboxylic acids is 3. The van der Waals surface area contributed by atoms with Crippen molar-refractivity contribution in [3.8, 4) is 0 Å². The zero-order valence-corrected chi connectivity index (χ0v) is 27.1. The van der Waals surface area contributed by atoms with Crippen LogP contribution in [0.15, 0.2) is 0 Å². The van der Waals surface area contributed by atoms with Gasteiger partial charge in [-0.05, 0) is 18.5 Å².